The first-order valence-electron chi connectivity index (χ1n) is 6.59. The van der Waals surface area contributed by atoms with Crippen molar-refractivity contribution in [3.63, 3.8) is 0 Å². The first kappa shape index (κ1) is 14.0. The standard InChI is InChI=1S/C15H23N3O/c1-11-17-13-8-12(6-7-14(13)18(11)4)15(2,3)9-16-10-19-5/h6-8,16H,9-10H2,1-5H3. The zero-order valence-corrected chi connectivity index (χ0v) is 12.4. The number of rotatable bonds is 5. The Hall–Kier alpha value is -1.39. The van der Waals surface area contributed by atoms with Gasteiger partial charge in [0, 0.05) is 26.1 Å². The predicted molar refractivity (Wildman–Crippen MR) is 78.4 cm³/mol. The molecule has 0 saturated carbocycles. The monoisotopic (exact) mass is 261 g/mol. The van der Waals surface area contributed by atoms with E-state index in [0.717, 1.165) is 17.9 Å². The third-order valence-electron chi connectivity index (χ3n) is 3.70. The van der Waals surface area contributed by atoms with Crippen molar-refractivity contribution in [2.24, 2.45) is 7.05 Å². The average Bonchev–Trinajstić information content (AvgIpc) is 2.65. The molecule has 0 aliphatic rings. The molecule has 0 radical (unpaired) electrons. The SMILES string of the molecule is COCNCC(C)(C)c1ccc2c(c1)nc(C)n2C. The maximum Gasteiger partial charge on any atom is 0.106 e. The Kier molecular flexibility index (Phi) is 3.92. The highest BCUT2D eigenvalue weighted by Gasteiger charge is 2.21. The van der Waals surface area contributed by atoms with E-state index in [-0.39, 0.29) is 5.41 Å². The molecular weight excluding hydrogens is 238 g/mol. The lowest BCUT2D eigenvalue weighted by molar-refractivity contribution is 0.169. The molecule has 0 bridgehead atoms. The minimum atomic E-state index is 0.0537. The zero-order chi connectivity index (χ0) is 14.0. The van der Waals surface area contributed by atoms with Crippen molar-refractivity contribution in [2.75, 3.05) is 20.4 Å². The number of imidazole rings is 1. The van der Waals surface area contributed by atoms with E-state index in [1.165, 1.54) is 11.1 Å². The number of ether oxygens (including phenoxy) is 1. The number of hydrogen-bond donors (Lipinski definition) is 1. The van der Waals surface area contributed by atoms with Crippen LogP contribution in [0.3, 0.4) is 0 Å². The van der Waals surface area contributed by atoms with Crippen molar-refractivity contribution >= 4 is 11.0 Å². The van der Waals surface area contributed by atoms with Crippen LogP contribution in [0.5, 0.6) is 0 Å². The molecule has 0 atom stereocenters. The molecule has 4 nitrogen and oxygen atoms in total. The molecule has 1 N–H and O–H groups in total. The van der Waals surface area contributed by atoms with Gasteiger partial charge < -0.3 is 9.30 Å². The second kappa shape index (κ2) is 5.31. The van der Waals surface area contributed by atoms with E-state index in [0.29, 0.717) is 6.73 Å². The van der Waals surface area contributed by atoms with Gasteiger partial charge in [0.2, 0.25) is 0 Å². The van der Waals surface area contributed by atoms with Crippen LogP contribution >= 0.6 is 0 Å². The summed E-state index contributed by atoms with van der Waals surface area (Å²) in [6.45, 7) is 7.94. The summed E-state index contributed by atoms with van der Waals surface area (Å²) in [5, 5.41) is 3.29. The molecule has 1 aromatic carbocycles. The summed E-state index contributed by atoms with van der Waals surface area (Å²) >= 11 is 0. The predicted octanol–water partition coefficient (Wildman–Crippen LogP) is 2.35. The van der Waals surface area contributed by atoms with Crippen LogP contribution in [-0.2, 0) is 17.2 Å². The number of nitrogens with zero attached hydrogens (tertiary/aromatic N) is 2. The second-order valence-electron chi connectivity index (χ2n) is 5.67. The minimum Gasteiger partial charge on any atom is -0.370 e. The number of aryl methyl sites for hydroxylation is 2. The average molecular weight is 261 g/mol. The van der Waals surface area contributed by atoms with E-state index in [1.54, 1.807) is 7.11 Å². The maximum atomic E-state index is 5.04. The lowest BCUT2D eigenvalue weighted by Crippen LogP contribution is -2.33. The van der Waals surface area contributed by atoms with Gasteiger partial charge in [-0.3, -0.25) is 5.32 Å². The summed E-state index contributed by atoms with van der Waals surface area (Å²) < 4.78 is 7.16. The van der Waals surface area contributed by atoms with Gasteiger partial charge in [0.25, 0.3) is 0 Å². The van der Waals surface area contributed by atoms with Crippen molar-refractivity contribution in [1.29, 1.82) is 0 Å². The number of hydrogen-bond acceptors (Lipinski definition) is 3. The molecule has 4 heteroatoms. The first-order chi connectivity index (χ1) is 8.95. The van der Waals surface area contributed by atoms with E-state index in [9.17, 15) is 0 Å². The van der Waals surface area contributed by atoms with Crippen LogP contribution in [0, 0.1) is 6.92 Å². The Morgan fingerprint density at radius 2 is 2.11 bits per heavy atom. The molecule has 19 heavy (non-hydrogen) atoms. The number of benzene rings is 1. The molecule has 0 unspecified atom stereocenters. The highest BCUT2D eigenvalue weighted by molar-refractivity contribution is 5.77. The molecule has 0 aliphatic heterocycles. The second-order valence-corrected chi connectivity index (χ2v) is 5.67. The van der Waals surface area contributed by atoms with Gasteiger partial charge in [0.1, 0.15) is 5.82 Å². The highest BCUT2D eigenvalue weighted by Crippen LogP contribution is 2.26. The number of aromatic nitrogens is 2. The Labute approximate surface area is 114 Å². The van der Waals surface area contributed by atoms with Crippen LogP contribution in [-0.4, -0.2) is 29.9 Å². The topological polar surface area (TPSA) is 39.1 Å². The van der Waals surface area contributed by atoms with Gasteiger partial charge in [-0.2, -0.15) is 0 Å². The Morgan fingerprint density at radius 3 is 2.79 bits per heavy atom. The molecule has 1 aromatic heterocycles. The number of fused-ring (bicyclic) bond motifs is 1. The van der Waals surface area contributed by atoms with Crippen molar-refractivity contribution in [3.05, 3.63) is 29.6 Å². The summed E-state index contributed by atoms with van der Waals surface area (Å²) in [6, 6.07) is 6.54. The summed E-state index contributed by atoms with van der Waals surface area (Å²) in [5.41, 5.74) is 3.60. The van der Waals surface area contributed by atoms with Gasteiger partial charge in [-0.05, 0) is 24.6 Å². The molecule has 2 aromatic rings. The summed E-state index contributed by atoms with van der Waals surface area (Å²) in [6.07, 6.45) is 0. The molecule has 2 rings (SSSR count). The zero-order valence-electron chi connectivity index (χ0n) is 12.4. The van der Waals surface area contributed by atoms with Gasteiger partial charge in [-0.15, -0.1) is 0 Å². The molecule has 0 aliphatic carbocycles. The van der Waals surface area contributed by atoms with E-state index in [1.807, 2.05) is 6.92 Å². The fraction of sp³-hybridized carbons (Fsp3) is 0.533. The van der Waals surface area contributed by atoms with Crippen LogP contribution in [0.4, 0.5) is 0 Å². The number of methoxy groups -OCH3 is 1. The van der Waals surface area contributed by atoms with Crippen molar-refractivity contribution in [1.82, 2.24) is 14.9 Å². The fourth-order valence-electron chi connectivity index (χ4n) is 2.31. The summed E-state index contributed by atoms with van der Waals surface area (Å²) in [7, 11) is 3.75. The van der Waals surface area contributed by atoms with E-state index in [4.69, 9.17) is 4.74 Å². The van der Waals surface area contributed by atoms with E-state index >= 15 is 0 Å². The Balaban J connectivity index is 2.29. The van der Waals surface area contributed by atoms with Gasteiger partial charge in [0.05, 0.1) is 17.8 Å². The fourth-order valence-corrected chi connectivity index (χ4v) is 2.31. The van der Waals surface area contributed by atoms with Gasteiger partial charge >= 0.3 is 0 Å². The van der Waals surface area contributed by atoms with Crippen LogP contribution < -0.4 is 5.32 Å². The normalized spacial score (nSPS) is 12.3. The van der Waals surface area contributed by atoms with Crippen LogP contribution in [0.2, 0.25) is 0 Å². The van der Waals surface area contributed by atoms with Gasteiger partial charge in [-0.1, -0.05) is 19.9 Å². The quantitative estimate of drug-likeness (QED) is 0.663. The lowest BCUT2D eigenvalue weighted by atomic mass is 9.84. The molecule has 0 saturated heterocycles. The minimum absolute atomic E-state index is 0.0537. The van der Waals surface area contributed by atoms with Crippen LogP contribution in [0.1, 0.15) is 25.2 Å². The highest BCUT2D eigenvalue weighted by atomic mass is 16.5. The summed E-state index contributed by atoms with van der Waals surface area (Å²) in [4.78, 5) is 4.60. The molecule has 104 valence electrons. The maximum absolute atomic E-state index is 5.04. The third-order valence-corrected chi connectivity index (χ3v) is 3.70. The molecule has 0 fully saturated rings. The van der Waals surface area contributed by atoms with E-state index in [2.05, 4.69) is 54.0 Å². The van der Waals surface area contributed by atoms with Crippen molar-refractivity contribution in [2.45, 2.75) is 26.2 Å². The number of nitrogens with one attached hydrogen (secondary N) is 1. The lowest BCUT2D eigenvalue weighted by Gasteiger charge is -2.25. The molecule has 0 spiro atoms. The van der Waals surface area contributed by atoms with Gasteiger partial charge in [-0.25, -0.2) is 4.98 Å². The smallest absolute Gasteiger partial charge is 0.106 e. The largest absolute Gasteiger partial charge is 0.370 e. The van der Waals surface area contributed by atoms with E-state index < -0.39 is 0 Å². The van der Waals surface area contributed by atoms with Crippen LogP contribution in [0.25, 0.3) is 11.0 Å². The molecular formula is C15H23N3O. The Morgan fingerprint density at radius 1 is 1.37 bits per heavy atom. The van der Waals surface area contributed by atoms with Gasteiger partial charge in [0.15, 0.2) is 0 Å². The van der Waals surface area contributed by atoms with Crippen molar-refractivity contribution in [3.8, 4) is 0 Å². The third kappa shape index (κ3) is 2.80. The molecule has 1 heterocycles. The first-order valence-corrected chi connectivity index (χ1v) is 6.59. The van der Waals surface area contributed by atoms with Crippen LogP contribution in [0.15, 0.2) is 18.2 Å². The summed E-state index contributed by atoms with van der Waals surface area (Å²) in [5.74, 6) is 1.04. The Bertz CT molecular complexity index is 572. The molecule has 0 amide bonds. The van der Waals surface area contributed by atoms with Crippen molar-refractivity contribution < 1.29 is 4.74 Å².